The van der Waals surface area contributed by atoms with Gasteiger partial charge >= 0.3 is 6.18 Å². The average molecular weight is 410 g/mol. The van der Waals surface area contributed by atoms with Gasteiger partial charge in [-0.05, 0) is 30.7 Å². The fraction of sp³-hybridized carbons (Fsp3) is 0.389. The van der Waals surface area contributed by atoms with Gasteiger partial charge in [-0.15, -0.1) is 11.8 Å². The van der Waals surface area contributed by atoms with Gasteiger partial charge in [-0.1, -0.05) is 6.92 Å². The molecular formula is C18H17F3N4O2S. The highest BCUT2D eigenvalue weighted by atomic mass is 32.2. The van der Waals surface area contributed by atoms with Crippen LogP contribution in [0.15, 0.2) is 28.0 Å². The van der Waals surface area contributed by atoms with Crippen molar-refractivity contribution in [3.8, 4) is 17.3 Å². The Morgan fingerprint density at radius 3 is 2.64 bits per heavy atom. The Labute approximate surface area is 162 Å². The van der Waals surface area contributed by atoms with E-state index in [9.17, 15) is 23.1 Å². The number of aryl methyl sites for hydroxylation is 1. The lowest BCUT2D eigenvalue weighted by atomic mass is 10.2. The number of aromatic nitrogens is 4. The summed E-state index contributed by atoms with van der Waals surface area (Å²) in [7, 11) is 1.59. The van der Waals surface area contributed by atoms with E-state index in [4.69, 9.17) is 0 Å². The number of rotatable bonds is 4. The van der Waals surface area contributed by atoms with Crippen LogP contribution in [0.25, 0.3) is 22.6 Å². The van der Waals surface area contributed by atoms with Gasteiger partial charge in [0, 0.05) is 18.0 Å². The molecule has 0 aromatic carbocycles. The minimum absolute atomic E-state index is 0.0194. The van der Waals surface area contributed by atoms with Crippen molar-refractivity contribution in [1.82, 2.24) is 19.1 Å². The molecule has 3 heterocycles. The second kappa shape index (κ2) is 6.54. The first-order valence-electron chi connectivity index (χ1n) is 8.73. The van der Waals surface area contributed by atoms with Crippen molar-refractivity contribution in [3.63, 3.8) is 0 Å². The number of nitrogens with zero attached hydrogens (tertiary/aromatic N) is 4. The lowest BCUT2D eigenvalue weighted by Crippen LogP contribution is -2.28. The van der Waals surface area contributed by atoms with Gasteiger partial charge in [0.2, 0.25) is 0 Å². The van der Waals surface area contributed by atoms with Gasteiger partial charge in [0.05, 0.1) is 11.7 Å². The second-order valence-electron chi connectivity index (χ2n) is 6.64. The molecule has 0 saturated heterocycles. The number of hydrogen-bond donors (Lipinski definition) is 1. The summed E-state index contributed by atoms with van der Waals surface area (Å²) in [4.78, 5) is 22.1. The van der Waals surface area contributed by atoms with E-state index in [1.165, 1.54) is 28.6 Å². The molecule has 10 heteroatoms. The highest BCUT2D eigenvalue weighted by Crippen LogP contribution is 2.40. The largest absolute Gasteiger partial charge is 0.506 e. The number of aromatic hydroxyl groups is 1. The monoisotopic (exact) mass is 410 g/mol. The summed E-state index contributed by atoms with van der Waals surface area (Å²) in [5, 5.41) is 9.71. The summed E-state index contributed by atoms with van der Waals surface area (Å²) in [6.07, 6.45) is -2.29. The molecule has 1 N–H and O–H groups in total. The molecule has 1 fully saturated rings. The molecule has 0 atom stereocenters. The Morgan fingerprint density at radius 1 is 1.32 bits per heavy atom. The Bertz CT molecular complexity index is 1130. The van der Waals surface area contributed by atoms with Crippen LogP contribution in [0.5, 0.6) is 5.75 Å². The van der Waals surface area contributed by atoms with Gasteiger partial charge in [0.25, 0.3) is 5.56 Å². The van der Waals surface area contributed by atoms with Gasteiger partial charge in [-0.2, -0.15) is 13.2 Å². The van der Waals surface area contributed by atoms with Crippen LogP contribution in [0.4, 0.5) is 13.2 Å². The number of thioether (sulfide) groups is 1. The van der Waals surface area contributed by atoms with Crippen molar-refractivity contribution >= 4 is 22.8 Å². The molecule has 0 spiro atoms. The van der Waals surface area contributed by atoms with Crippen molar-refractivity contribution < 1.29 is 18.3 Å². The summed E-state index contributed by atoms with van der Waals surface area (Å²) in [6, 6.07) is 2.04. The lowest BCUT2D eigenvalue weighted by Gasteiger charge is -2.15. The van der Waals surface area contributed by atoms with Crippen LogP contribution < -0.4 is 5.56 Å². The maximum absolute atomic E-state index is 13.5. The molecule has 6 nitrogen and oxygen atoms in total. The van der Waals surface area contributed by atoms with Crippen molar-refractivity contribution in [2.45, 2.75) is 36.9 Å². The Kier molecular flexibility index (Phi) is 4.40. The van der Waals surface area contributed by atoms with Crippen LogP contribution in [-0.4, -0.2) is 30.0 Å². The van der Waals surface area contributed by atoms with Crippen molar-refractivity contribution in [3.05, 3.63) is 34.4 Å². The maximum atomic E-state index is 13.5. The standard InChI is InChI=1S/C18H17F3N4O2S/c1-3-28-12-6-10(26)8-22-14(12)16-23-11-7-13(18(19,20)21)25(9-4-5-9)17(27)15(11)24(16)2/h6-9,26H,3-5H2,1-2H3. The molecule has 0 bridgehead atoms. The molecule has 1 aliphatic rings. The van der Waals surface area contributed by atoms with E-state index in [0.29, 0.717) is 29.2 Å². The number of halogens is 3. The van der Waals surface area contributed by atoms with Gasteiger partial charge < -0.3 is 9.67 Å². The predicted octanol–water partition coefficient (Wildman–Crippen LogP) is 3.97. The number of alkyl halides is 3. The van der Waals surface area contributed by atoms with E-state index < -0.39 is 23.5 Å². The Morgan fingerprint density at radius 2 is 2.04 bits per heavy atom. The molecule has 28 heavy (non-hydrogen) atoms. The molecule has 0 radical (unpaired) electrons. The van der Waals surface area contributed by atoms with Gasteiger partial charge in [0.1, 0.15) is 22.7 Å². The first kappa shape index (κ1) is 18.9. The zero-order valence-electron chi connectivity index (χ0n) is 15.1. The summed E-state index contributed by atoms with van der Waals surface area (Å²) in [5.74, 6) is 0.966. The average Bonchev–Trinajstić information content (AvgIpc) is 3.38. The highest BCUT2D eigenvalue weighted by molar-refractivity contribution is 7.99. The molecule has 148 valence electrons. The fourth-order valence-corrected chi connectivity index (χ4v) is 4.08. The Hall–Kier alpha value is -2.49. The quantitative estimate of drug-likeness (QED) is 0.659. The number of hydrogen-bond acceptors (Lipinski definition) is 5. The van der Waals surface area contributed by atoms with Crippen LogP contribution in [0.3, 0.4) is 0 Å². The van der Waals surface area contributed by atoms with Crippen LogP contribution in [0, 0.1) is 0 Å². The number of imidazole rings is 1. The van der Waals surface area contributed by atoms with E-state index in [-0.39, 0.29) is 22.6 Å². The highest BCUT2D eigenvalue weighted by Gasteiger charge is 2.40. The van der Waals surface area contributed by atoms with Crippen LogP contribution in [0.1, 0.15) is 31.5 Å². The molecule has 1 aliphatic carbocycles. The Balaban J connectivity index is 2.00. The summed E-state index contributed by atoms with van der Waals surface area (Å²) in [6.45, 7) is 1.93. The predicted molar refractivity (Wildman–Crippen MR) is 99.5 cm³/mol. The maximum Gasteiger partial charge on any atom is 0.431 e. The van der Waals surface area contributed by atoms with Crippen LogP contribution in [0.2, 0.25) is 0 Å². The second-order valence-corrected chi connectivity index (χ2v) is 7.94. The minimum atomic E-state index is -4.65. The summed E-state index contributed by atoms with van der Waals surface area (Å²) >= 11 is 1.42. The zero-order valence-corrected chi connectivity index (χ0v) is 15.9. The number of pyridine rings is 2. The smallest absolute Gasteiger partial charge is 0.431 e. The summed E-state index contributed by atoms with van der Waals surface area (Å²) in [5.41, 5.74) is -1.17. The van der Waals surface area contributed by atoms with Crippen molar-refractivity contribution in [1.29, 1.82) is 0 Å². The first-order chi connectivity index (χ1) is 13.2. The molecule has 0 amide bonds. The first-order valence-corrected chi connectivity index (χ1v) is 9.72. The third-order valence-corrected chi connectivity index (χ3v) is 5.54. The molecular weight excluding hydrogens is 393 g/mol. The third-order valence-electron chi connectivity index (χ3n) is 4.63. The molecule has 0 aliphatic heterocycles. The van der Waals surface area contributed by atoms with Crippen LogP contribution >= 0.6 is 11.8 Å². The topological polar surface area (TPSA) is 72.9 Å². The van der Waals surface area contributed by atoms with Crippen LogP contribution in [-0.2, 0) is 13.2 Å². The molecule has 4 rings (SSSR count). The fourth-order valence-electron chi connectivity index (χ4n) is 3.29. The van der Waals surface area contributed by atoms with Gasteiger partial charge in [0.15, 0.2) is 5.82 Å². The minimum Gasteiger partial charge on any atom is -0.506 e. The molecule has 3 aromatic heterocycles. The van der Waals surface area contributed by atoms with E-state index in [1.54, 1.807) is 7.05 Å². The van der Waals surface area contributed by atoms with Gasteiger partial charge in [-0.3, -0.25) is 9.36 Å². The SMILES string of the molecule is CCSc1cc(O)cnc1-c1nc2cc(C(F)(F)F)n(C3CC3)c(=O)c2n1C. The van der Waals surface area contributed by atoms with E-state index in [0.717, 1.165) is 10.6 Å². The molecule has 0 unspecified atom stereocenters. The van der Waals surface area contributed by atoms with E-state index >= 15 is 0 Å². The normalized spacial score (nSPS) is 14.8. The lowest BCUT2D eigenvalue weighted by molar-refractivity contribution is -0.144. The zero-order chi connectivity index (χ0) is 20.2. The van der Waals surface area contributed by atoms with E-state index in [1.807, 2.05) is 6.92 Å². The summed E-state index contributed by atoms with van der Waals surface area (Å²) < 4.78 is 43.0. The van der Waals surface area contributed by atoms with Gasteiger partial charge in [-0.25, -0.2) is 9.97 Å². The number of fused-ring (bicyclic) bond motifs is 1. The van der Waals surface area contributed by atoms with Crippen molar-refractivity contribution in [2.75, 3.05) is 5.75 Å². The molecule has 3 aromatic rings. The van der Waals surface area contributed by atoms with Crippen molar-refractivity contribution in [2.24, 2.45) is 7.05 Å². The van der Waals surface area contributed by atoms with E-state index in [2.05, 4.69) is 9.97 Å². The molecule has 1 saturated carbocycles. The third kappa shape index (κ3) is 3.05.